The summed E-state index contributed by atoms with van der Waals surface area (Å²) in [6, 6.07) is 10.9. The van der Waals surface area contributed by atoms with Crippen molar-refractivity contribution in [3.8, 4) is 11.5 Å². The van der Waals surface area contributed by atoms with E-state index < -0.39 is 17.7 Å². The monoisotopic (exact) mass is 631 g/mol. The van der Waals surface area contributed by atoms with Crippen molar-refractivity contribution < 1.29 is 22.6 Å². The summed E-state index contributed by atoms with van der Waals surface area (Å²) >= 11 is 22.3. The zero-order valence-electron chi connectivity index (χ0n) is 19.3. The van der Waals surface area contributed by atoms with Crippen molar-refractivity contribution in [1.29, 1.82) is 0 Å². The third-order valence-corrected chi connectivity index (χ3v) is 8.26. The molecule has 1 aliphatic carbocycles. The van der Waals surface area contributed by atoms with Crippen LogP contribution in [0.1, 0.15) is 40.6 Å². The molecule has 3 aromatic rings. The Bertz CT molecular complexity index is 1400. The molecule has 194 valence electrons. The zero-order chi connectivity index (χ0) is 26.5. The first-order chi connectivity index (χ1) is 17.6. The number of allylic oxidation sites excluding steroid dienone is 2. The molecule has 0 unspecified atom stereocenters. The van der Waals surface area contributed by atoms with Crippen LogP contribution in [-0.2, 0) is 12.8 Å². The molecule has 1 aliphatic heterocycles. The van der Waals surface area contributed by atoms with Crippen LogP contribution < -0.4 is 14.8 Å². The van der Waals surface area contributed by atoms with Crippen LogP contribution in [-0.4, -0.2) is 7.11 Å². The van der Waals surface area contributed by atoms with Crippen LogP contribution in [0, 0.1) is 5.92 Å². The minimum absolute atomic E-state index is 0.136. The molecule has 3 aromatic carbocycles. The number of nitrogens with one attached hydrogen (secondary N) is 1. The molecular formula is C27H20BrCl3F3NO2. The van der Waals surface area contributed by atoms with E-state index in [1.165, 1.54) is 13.2 Å². The molecule has 0 radical (unpaired) electrons. The van der Waals surface area contributed by atoms with E-state index in [4.69, 9.17) is 44.3 Å². The van der Waals surface area contributed by atoms with Crippen LogP contribution in [0.4, 0.5) is 18.9 Å². The number of ether oxygens (including phenoxy) is 2. The molecule has 1 heterocycles. The quantitative estimate of drug-likeness (QED) is 0.284. The smallest absolute Gasteiger partial charge is 0.416 e. The van der Waals surface area contributed by atoms with Gasteiger partial charge in [-0.25, -0.2) is 0 Å². The Morgan fingerprint density at radius 3 is 2.54 bits per heavy atom. The van der Waals surface area contributed by atoms with Crippen molar-refractivity contribution in [1.82, 2.24) is 0 Å². The summed E-state index contributed by atoms with van der Waals surface area (Å²) < 4.78 is 53.9. The predicted molar refractivity (Wildman–Crippen MR) is 144 cm³/mol. The highest BCUT2D eigenvalue weighted by atomic mass is 79.9. The predicted octanol–water partition coefficient (Wildman–Crippen LogP) is 9.84. The van der Waals surface area contributed by atoms with Crippen LogP contribution in [0.25, 0.3) is 0 Å². The number of rotatable bonds is 5. The number of benzene rings is 3. The van der Waals surface area contributed by atoms with Crippen molar-refractivity contribution in [2.45, 2.75) is 31.2 Å². The molecule has 0 fully saturated rings. The van der Waals surface area contributed by atoms with Crippen molar-refractivity contribution in [2.75, 3.05) is 12.4 Å². The van der Waals surface area contributed by atoms with E-state index in [0.717, 1.165) is 17.2 Å². The van der Waals surface area contributed by atoms with Gasteiger partial charge in [0, 0.05) is 21.5 Å². The molecule has 0 amide bonds. The van der Waals surface area contributed by atoms with Gasteiger partial charge in [-0.2, -0.15) is 13.2 Å². The lowest BCUT2D eigenvalue weighted by Gasteiger charge is -2.39. The normalized spacial score (nSPS) is 20.3. The second kappa shape index (κ2) is 10.3. The van der Waals surface area contributed by atoms with Gasteiger partial charge in [-0.1, -0.05) is 53.0 Å². The summed E-state index contributed by atoms with van der Waals surface area (Å²) in [5.74, 6) is 0.388. The largest absolute Gasteiger partial charge is 0.493 e. The summed E-state index contributed by atoms with van der Waals surface area (Å²) in [6.07, 6.45) is -0.0798. The highest BCUT2D eigenvalue weighted by Crippen LogP contribution is 2.55. The van der Waals surface area contributed by atoms with Crippen molar-refractivity contribution in [3.05, 3.63) is 96.4 Å². The Labute approximate surface area is 235 Å². The van der Waals surface area contributed by atoms with Gasteiger partial charge in [0.25, 0.3) is 0 Å². The first kappa shape index (κ1) is 26.5. The van der Waals surface area contributed by atoms with Crippen LogP contribution in [0.2, 0.25) is 15.1 Å². The third-order valence-electron chi connectivity index (χ3n) is 6.77. The number of halogens is 7. The van der Waals surface area contributed by atoms with Gasteiger partial charge in [0.15, 0.2) is 11.5 Å². The van der Waals surface area contributed by atoms with Gasteiger partial charge in [0.05, 0.1) is 33.9 Å². The summed E-state index contributed by atoms with van der Waals surface area (Å²) in [6.45, 7) is 0.184. The van der Waals surface area contributed by atoms with Gasteiger partial charge in [-0.15, -0.1) is 0 Å². The fraction of sp³-hybridized carbons (Fsp3) is 0.259. The molecule has 0 saturated carbocycles. The maximum absolute atomic E-state index is 13.9. The second-order valence-corrected chi connectivity index (χ2v) is 11.0. The standard InChI is InChI=1S/C27H20BrCl3F3NO2/c1-36-22-10-14(9-19(28)26(22)37-12-13-5-6-15(29)11-21(13)31)24-17-4-2-3-16(17)23-18(27(32,33)34)7-8-20(30)25(23)35-24/h2-3,5-11,16-17,24,35H,4,12H2,1H3/t16-,17-,24+/m0/s1. The van der Waals surface area contributed by atoms with Crippen molar-refractivity contribution in [2.24, 2.45) is 5.92 Å². The average Bonchev–Trinajstić information content (AvgIpc) is 3.33. The van der Waals surface area contributed by atoms with Gasteiger partial charge in [0.2, 0.25) is 0 Å². The zero-order valence-corrected chi connectivity index (χ0v) is 23.2. The van der Waals surface area contributed by atoms with Crippen LogP contribution in [0.3, 0.4) is 0 Å². The minimum Gasteiger partial charge on any atom is -0.493 e. The highest BCUT2D eigenvalue weighted by Gasteiger charge is 2.45. The average molecular weight is 634 g/mol. The second-order valence-electron chi connectivity index (χ2n) is 8.92. The molecule has 0 aromatic heterocycles. The fourth-order valence-corrected chi connectivity index (χ4v) is 6.36. The Morgan fingerprint density at radius 2 is 1.84 bits per heavy atom. The van der Waals surface area contributed by atoms with Crippen LogP contribution in [0.5, 0.6) is 11.5 Å². The number of hydrogen-bond donors (Lipinski definition) is 1. The molecule has 10 heteroatoms. The van der Waals surface area contributed by atoms with Crippen LogP contribution >= 0.6 is 50.7 Å². The lowest BCUT2D eigenvalue weighted by molar-refractivity contribution is -0.138. The molecule has 2 aliphatic rings. The Morgan fingerprint density at radius 1 is 1.05 bits per heavy atom. The number of anilines is 1. The molecule has 5 rings (SSSR count). The highest BCUT2D eigenvalue weighted by molar-refractivity contribution is 9.10. The Balaban J connectivity index is 1.50. The molecule has 3 nitrogen and oxygen atoms in total. The molecule has 0 saturated heterocycles. The van der Waals surface area contributed by atoms with E-state index in [2.05, 4.69) is 21.2 Å². The van der Waals surface area contributed by atoms with Crippen molar-refractivity contribution in [3.63, 3.8) is 0 Å². The van der Waals surface area contributed by atoms with Gasteiger partial charge in [-0.05, 0) is 75.8 Å². The van der Waals surface area contributed by atoms with Crippen LogP contribution in [0.15, 0.2) is 59.1 Å². The van der Waals surface area contributed by atoms with E-state index in [0.29, 0.717) is 38.1 Å². The van der Waals surface area contributed by atoms with Gasteiger partial charge in [-0.3, -0.25) is 0 Å². The van der Waals surface area contributed by atoms with E-state index in [1.54, 1.807) is 18.2 Å². The van der Waals surface area contributed by atoms with Crippen molar-refractivity contribution >= 4 is 56.4 Å². The summed E-state index contributed by atoms with van der Waals surface area (Å²) in [4.78, 5) is 0. The van der Waals surface area contributed by atoms with Gasteiger partial charge < -0.3 is 14.8 Å². The minimum atomic E-state index is -4.48. The first-order valence-corrected chi connectivity index (χ1v) is 13.3. The molecule has 0 bridgehead atoms. The lowest BCUT2D eigenvalue weighted by atomic mass is 9.75. The Hall–Kier alpha value is -2.06. The topological polar surface area (TPSA) is 30.5 Å². The number of methoxy groups -OCH3 is 1. The molecule has 1 N–H and O–H groups in total. The van der Waals surface area contributed by atoms with Gasteiger partial charge >= 0.3 is 6.18 Å². The number of hydrogen-bond acceptors (Lipinski definition) is 3. The number of alkyl halides is 3. The molecule has 0 spiro atoms. The summed E-state index contributed by atoms with van der Waals surface area (Å²) in [5, 5.41) is 4.58. The first-order valence-electron chi connectivity index (χ1n) is 11.4. The third kappa shape index (κ3) is 5.03. The summed E-state index contributed by atoms with van der Waals surface area (Å²) in [7, 11) is 1.53. The van der Waals surface area contributed by atoms with Gasteiger partial charge in [0.1, 0.15) is 6.61 Å². The van der Waals surface area contributed by atoms with E-state index in [9.17, 15) is 13.2 Å². The van der Waals surface area contributed by atoms with E-state index in [-0.39, 0.29) is 29.2 Å². The maximum atomic E-state index is 13.9. The fourth-order valence-electron chi connectivity index (χ4n) is 5.10. The summed E-state index contributed by atoms with van der Waals surface area (Å²) in [5.41, 5.74) is 1.42. The lowest BCUT2D eigenvalue weighted by Crippen LogP contribution is -2.31. The van der Waals surface area contributed by atoms with E-state index in [1.807, 2.05) is 24.3 Å². The molecule has 37 heavy (non-hydrogen) atoms. The SMILES string of the molecule is COc1cc([C@H]2Nc3c(Cl)ccc(C(F)(F)F)c3[C@H]3C=CC[C@@H]32)cc(Br)c1OCc1ccc(Cl)cc1Cl. The maximum Gasteiger partial charge on any atom is 0.416 e. The van der Waals surface area contributed by atoms with E-state index >= 15 is 0 Å². The molecular weight excluding hydrogens is 614 g/mol. The Kier molecular flexibility index (Phi) is 7.35. The number of fused-ring (bicyclic) bond motifs is 3. The molecule has 3 atom stereocenters.